The lowest BCUT2D eigenvalue weighted by molar-refractivity contribution is 0.101. The summed E-state index contributed by atoms with van der Waals surface area (Å²) in [6.45, 7) is 5.56. The number of anilines is 1. The van der Waals surface area contributed by atoms with E-state index >= 15 is 0 Å². The molecule has 70 valence electrons. The third-order valence-electron chi connectivity index (χ3n) is 2.17. The first-order valence-electron chi connectivity index (χ1n) is 4.46. The lowest BCUT2D eigenvalue weighted by atomic mass is 10.00. The molecule has 0 radical (unpaired) electrons. The molecule has 0 saturated heterocycles. The van der Waals surface area contributed by atoms with Crippen molar-refractivity contribution < 1.29 is 4.79 Å². The Hall–Kier alpha value is -1.31. The lowest BCUT2D eigenvalue weighted by Crippen LogP contribution is -2.03. The van der Waals surface area contributed by atoms with Crippen molar-refractivity contribution in [2.75, 3.05) is 5.73 Å². The Labute approximate surface area is 78.8 Å². The predicted molar refractivity (Wildman–Crippen MR) is 55.0 cm³/mol. The molecule has 0 fully saturated rings. The molecule has 2 N–H and O–H groups in total. The fourth-order valence-electron chi connectivity index (χ4n) is 1.46. The highest BCUT2D eigenvalue weighted by molar-refractivity contribution is 5.99. The minimum absolute atomic E-state index is 0.0379. The molecule has 0 aliphatic rings. The molecule has 0 aliphatic heterocycles. The number of carbonyl (C=O) groups is 1. The van der Waals surface area contributed by atoms with Gasteiger partial charge in [0.15, 0.2) is 5.78 Å². The lowest BCUT2D eigenvalue weighted by Gasteiger charge is -2.08. The number of aryl methyl sites for hydroxylation is 2. The van der Waals surface area contributed by atoms with Crippen molar-refractivity contribution in [3.63, 3.8) is 0 Å². The summed E-state index contributed by atoms with van der Waals surface area (Å²) in [4.78, 5) is 11.2. The van der Waals surface area contributed by atoms with Gasteiger partial charge in [0.05, 0.1) is 0 Å². The van der Waals surface area contributed by atoms with Crippen LogP contribution < -0.4 is 5.73 Å². The molecule has 0 heterocycles. The molecule has 0 aromatic heterocycles. The first-order valence-corrected chi connectivity index (χ1v) is 4.46. The van der Waals surface area contributed by atoms with Crippen LogP contribution in [0.4, 0.5) is 5.69 Å². The molecular formula is C11H15NO. The van der Waals surface area contributed by atoms with E-state index in [0.717, 1.165) is 17.5 Å². The van der Waals surface area contributed by atoms with Gasteiger partial charge in [-0.25, -0.2) is 0 Å². The average Bonchev–Trinajstić information content (AvgIpc) is 2.08. The SMILES string of the molecule is CCc1cc(C)cc(C(C)=O)c1N. The monoisotopic (exact) mass is 177 g/mol. The van der Waals surface area contributed by atoms with Gasteiger partial charge in [-0.05, 0) is 37.5 Å². The number of rotatable bonds is 2. The van der Waals surface area contributed by atoms with E-state index in [1.54, 1.807) is 6.92 Å². The minimum atomic E-state index is 0.0379. The van der Waals surface area contributed by atoms with Crippen LogP contribution in [0.2, 0.25) is 0 Å². The van der Waals surface area contributed by atoms with E-state index in [1.165, 1.54) is 0 Å². The second kappa shape index (κ2) is 3.60. The molecular weight excluding hydrogens is 162 g/mol. The van der Waals surface area contributed by atoms with E-state index in [1.807, 2.05) is 26.0 Å². The highest BCUT2D eigenvalue weighted by atomic mass is 16.1. The van der Waals surface area contributed by atoms with Gasteiger partial charge in [-0.1, -0.05) is 13.0 Å². The first-order chi connectivity index (χ1) is 6.06. The highest BCUT2D eigenvalue weighted by Crippen LogP contribution is 2.20. The van der Waals surface area contributed by atoms with Gasteiger partial charge in [0.2, 0.25) is 0 Å². The molecule has 0 amide bonds. The van der Waals surface area contributed by atoms with Gasteiger partial charge >= 0.3 is 0 Å². The fraction of sp³-hybridized carbons (Fsp3) is 0.364. The number of Topliss-reactive ketones (excluding diaryl/α,β-unsaturated/α-hetero) is 1. The zero-order chi connectivity index (χ0) is 10.0. The average molecular weight is 177 g/mol. The number of carbonyl (C=O) groups excluding carboxylic acids is 1. The fourth-order valence-corrected chi connectivity index (χ4v) is 1.46. The molecule has 0 spiro atoms. The van der Waals surface area contributed by atoms with Gasteiger partial charge in [-0.15, -0.1) is 0 Å². The first kappa shape index (κ1) is 9.78. The molecule has 13 heavy (non-hydrogen) atoms. The topological polar surface area (TPSA) is 43.1 Å². The van der Waals surface area contributed by atoms with Crippen LogP contribution in [0.25, 0.3) is 0 Å². The van der Waals surface area contributed by atoms with E-state index in [-0.39, 0.29) is 5.78 Å². The van der Waals surface area contributed by atoms with E-state index in [0.29, 0.717) is 11.3 Å². The van der Waals surface area contributed by atoms with Gasteiger partial charge in [-0.2, -0.15) is 0 Å². The maximum atomic E-state index is 11.2. The van der Waals surface area contributed by atoms with Crippen molar-refractivity contribution in [3.05, 3.63) is 28.8 Å². The van der Waals surface area contributed by atoms with Gasteiger partial charge in [0, 0.05) is 11.3 Å². The molecule has 0 atom stereocenters. The number of benzene rings is 1. The summed E-state index contributed by atoms with van der Waals surface area (Å²) in [5.41, 5.74) is 9.29. The maximum absolute atomic E-state index is 11.2. The van der Waals surface area contributed by atoms with Gasteiger partial charge in [0.25, 0.3) is 0 Å². The summed E-state index contributed by atoms with van der Waals surface area (Å²) in [6, 6.07) is 3.87. The summed E-state index contributed by atoms with van der Waals surface area (Å²) in [7, 11) is 0. The second-order valence-electron chi connectivity index (χ2n) is 3.30. The normalized spacial score (nSPS) is 10.1. The highest BCUT2D eigenvalue weighted by Gasteiger charge is 2.08. The van der Waals surface area contributed by atoms with Gasteiger partial charge < -0.3 is 5.73 Å². The molecule has 2 nitrogen and oxygen atoms in total. The summed E-state index contributed by atoms with van der Waals surface area (Å²) in [6.07, 6.45) is 0.869. The predicted octanol–water partition coefficient (Wildman–Crippen LogP) is 2.34. The Morgan fingerprint density at radius 2 is 2.08 bits per heavy atom. The van der Waals surface area contributed by atoms with Crippen molar-refractivity contribution in [1.29, 1.82) is 0 Å². The summed E-state index contributed by atoms with van der Waals surface area (Å²) in [5.74, 6) is 0.0379. The molecule has 0 saturated carbocycles. The summed E-state index contributed by atoms with van der Waals surface area (Å²) >= 11 is 0. The zero-order valence-corrected chi connectivity index (χ0v) is 8.35. The number of nitrogens with two attached hydrogens (primary N) is 1. The third kappa shape index (κ3) is 1.89. The maximum Gasteiger partial charge on any atom is 0.161 e. The number of nitrogen functional groups attached to an aromatic ring is 1. The van der Waals surface area contributed by atoms with E-state index < -0.39 is 0 Å². The van der Waals surface area contributed by atoms with Gasteiger partial charge in [-0.3, -0.25) is 4.79 Å². The van der Waals surface area contributed by atoms with Crippen LogP contribution in [0.1, 0.15) is 35.3 Å². The number of hydrogen-bond acceptors (Lipinski definition) is 2. The molecule has 1 aromatic carbocycles. The molecule has 1 rings (SSSR count). The largest absolute Gasteiger partial charge is 0.398 e. The van der Waals surface area contributed by atoms with Crippen LogP contribution in [-0.2, 0) is 6.42 Å². The summed E-state index contributed by atoms with van der Waals surface area (Å²) < 4.78 is 0. The molecule has 0 unspecified atom stereocenters. The molecule has 1 aromatic rings. The molecule has 2 heteroatoms. The Morgan fingerprint density at radius 3 is 2.54 bits per heavy atom. The Bertz CT molecular complexity index is 342. The number of ketones is 1. The Balaban J connectivity index is 3.35. The Morgan fingerprint density at radius 1 is 1.46 bits per heavy atom. The van der Waals surface area contributed by atoms with Crippen LogP contribution in [0.15, 0.2) is 12.1 Å². The van der Waals surface area contributed by atoms with Crippen LogP contribution in [0, 0.1) is 6.92 Å². The van der Waals surface area contributed by atoms with Crippen molar-refractivity contribution in [1.82, 2.24) is 0 Å². The van der Waals surface area contributed by atoms with E-state index in [9.17, 15) is 4.79 Å². The second-order valence-corrected chi connectivity index (χ2v) is 3.30. The standard InChI is InChI=1S/C11H15NO/c1-4-9-5-7(2)6-10(8(3)13)11(9)12/h5-6H,4,12H2,1-3H3. The van der Waals surface area contributed by atoms with Crippen molar-refractivity contribution in [3.8, 4) is 0 Å². The van der Waals surface area contributed by atoms with Crippen LogP contribution in [0.5, 0.6) is 0 Å². The van der Waals surface area contributed by atoms with Gasteiger partial charge in [0.1, 0.15) is 0 Å². The Kier molecular flexibility index (Phi) is 2.71. The van der Waals surface area contributed by atoms with Crippen molar-refractivity contribution >= 4 is 11.5 Å². The smallest absolute Gasteiger partial charge is 0.161 e. The third-order valence-corrected chi connectivity index (χ3v) is 2.17. The quantitative estimate of drug-likeness (QED) is 0.556. The molecule has 0 bridgehead atoms. The zero-order valence-electron chi connectivity index (χ0n) is 8.35. The van der Waals surface area contributed by atoms with Crippen LogP contribution in [0.3, 0.4) is 0 Å². The van der Waals surface area contributed by atoms with Crippen LogP contribution >= 0.6 is 0 Å². The minimum Gasteiger partial charge on any atom is -0.398 e. The van der Waals surface area contributed by atoms with Crippen molar-refractivity contribution in [2.45, 2.75) is 27.2 Å². The van der Waals surface area contributed by atoms with E-state index in [4.69, 9.17) is 5.73 Å². The molecule has 0 aliphatic carbocycles. The van der Waals surface area contributed by atoms with E-state index in [2.05, 4.69) is 0 Å². The summed E-state index contributed by atoms with van der Waals surface area (Å²) in [5, 5.41) is 0. The van der Waals surface area contributed by atoms with Crippen LogP contribution in [-0.4, -0.2) is 5.78 Å². The van der Waals surface area contributed by atoms with Crippen molar-refractivity contribution in [2.24, 2.45) is 0 Å². The number of hydrogen-bond donors (Lipinski definition) is 1.